The first-order chi connectivity index (χ1) is 36.2. The number of aromatic nitrogens is 1. The molecule has 0 saturated heterocycles. The molecular weight excluding hydrogens is 881 g/mol. The highest BCUT2D eigenvalue weighted by molar-refractivity contribution is 6.10. The van der Waals surface area contributed by atoms with Crippen molar-refractivity contribution in [3.8, 4) is 61.3 Å². The van der Waals surface area contributed by atoms with Gasteiger partial charge in [-0.25, -0.2) is 0 Å². The van der Waals surface area contributed by atoms with Gasteiger partial charge in [0.2, 0.25) is 0 Å². The van der Waals surface area contributed by atoms with Gasteiger partial charge in [-0.15, -0.1) is 0 Å². The van der Waals surface area contributed by atoms with Crippen molar-refractivity contribution < 1.29 is 0 Å². The summed E-state index contributed by atoms with van der Waals surface area (Å²) in [7, 11) is 0. The van der Waals surface area contributed by atoms with Gasteiger partial charge >= 0.3 is 0 Å². The summed E-state index contributed by atoms with van der Waals surface area (Å²) in [6, 6.07) is 103. The monoisotopic (exact) mass is 926 g/mol. The normalized spacial score (nSPS) is 12.8. The van der Waals surface area contributed by atoms with Crippen LogP contribution < -0.4 is 4.90 Å². The van der Waals surface area contributed by atoms with Gasteiger partial charge in [0.05, 0.1) is 22.1 Å². The molecule has 0 N–H and O–H groups in total. The predicted molar refractivity (Wildman–Crippen MR) is 306 cm³/mol. The Morgan fingerprint density at radius 3 is 1.41 bits per heavy atom. The molecule has 1 aromatic heterocycles. The van der Waals surface area contributed by atoms with E-state index >= 15 is 0 Å². The minimum atomic E-state index is -0.434. The van der Waals surface area contributed by atoms with E-state index in [1.807, 2.05) is 0 Å². The maximum absolute atomic E-state index is 2.49. The smallest absolute Gasteiger partial charge is 0.0726 e. The fraction of sp³-hybridized carbons (Fsp3) is 0.0141. The molecule has 2 heteroatoms. The van der Waals surface area contributed by atoms with Crippen LogP contribution in [0.25, 0.3) is 93.9 Å². The van der Waals surface area contributed by atoms with Crippen LogP contribution in [-0.2, 0) is 5.41 Å². The second-order valence-corrected chi connectivity index (χ2v) is 19.6. The highest BCUT2D eigenvalue weighted by atomic mass is 15.1. The van der Waals surface area contributed by atoms with Crippen LogP contribution in [0.2, 0.25) is 0 Å². The highest BCUT2D eigenvalue weighted by Crippen LogP contribution is 2.63. The Balaban J connectivity index is 0.799. The molecule has 12 aromatic carbocycles. The molecule has 0 bridgehead atoms. The van der Waals surface area contributed by atoms with Crippen molar-refractivity contribution in [3.63, 3.8) is 0 Å². The topological polar surface area (TPSA) is 8.17 Å². The van der Waals surface area contributed by atoms with Crippen molar-refractivity contribution >= 4 is 49.6 Å². The zero-order chi connectivity index (χ0) is 48.0. The number of hydrogen-bond acceptors (Lipinski definition) is 1. The lowest BCUT2D eigenvalue weighted by Crippen LogP contribution is -2.26. The van der Waals surface area contributed by atoms with Gasteiger partial charge < -0.3 is 9.47 Å². The van der Waals surface area contributed by atoms with Crippen LogP contribution in [0.3, 0.4) is 0 Å². The lowest BCUT2D eigenvalue weighted by Gasteiger charge is -2.32. The third kappa shape index (κ3) is 6.24. The first kappa shape index (κ1) is 41.3. The summed E-state index contributed by atoms with van der Waals surface area (Å²) in [5, 5.41) is 4.92. The number of fused-ring (bicyclic) bond motifs is 14. The van der Waals surface area contributed by atoms with Gasteiger partial charge in [-0.05, 0) is 144 Å². The maximum atomic E-state index is 2.49. The van der Waals surface area contributed by atoms with E-state index in [-0.39, 0.29) is 0 Å². The number of para-hydroxylation sites is 1. The Morgan fingerprint density at radius 1 is 0.274 bits per heavy atom. The summed E-state index contributed by atoms with van der Waals surface area (Å²) in [5.74, 6) is 0. The molecule has 2 aliphatic rings. The number of anilines is 3. The summed E-state index contributed by atoms with van der Waals surface area (Å²) in [6.07, 6.45) is 0. The van der Waals surface area contributed by atoms with Crippen LogP contribution in [0.1, 0.15) is 22.3 Å². The fourth-order valence-corrected chi connectivity index (χ4v) is 12.6. The van der Waals surface area contributed by atoms with Gasteiger partial charge in [-0.2, -0.15) is 0 Å². The zero-order valence-electron chi connectivity index (χ0n) is 40.0. The Kier molecular flexibility index (Phi) is 9.21. The summed E-state index contributed by atoms with van der Waals surface area (Å²) in [5.41, 5.74) is 24.3. The van der Waals surface area contributed by atoms with Gasteiger partial charge in [-0.1, -0.05) is 218 Å². The summed E-state index contributed by atoms with van der Waals surface area (Å²) >= 11 is 0. The molecule has 0 atom stereocenters. The molecule has 2 nitrogen and oxygen atoms in total. The van der Waals surface area contributed by atoms with Gasteiger partial charge in [0, 0.05) is 33.2 Å². The molecule has 13 aromatic rings. The van der Waals surface area contributed by atoms with E-state index in [9.17, 15) is 0 Å². The Hall–Kier alpha value is -9.50. The van der Waals surface area contributed by atoms with Crippen LogP contribution in [-0.4, -0.2) is 4.57 Å². The van der Waals surface area contributed by atoms with Crippen LogP contribution >= 0.6 is 0 Å². The molecule has 0 unspecified atom stereocenters. The van der Waals surface area contributed by atoms with Crippen LogP contribution in [0.5, 0.6) is 0 Å². The summed E-state index contributed by atoms with van der Waals surface area (Å²) in [6.45, 7) is 0. The first-order valence-electron chi connectivity index (χ1n) is 25.3. The molecule has 15 rings (SSSR count). The molecular formula is C71H46N2. The number of nitrogens with zero attached hydrogens (tertiary/aromatic N) is 2. The van der Waals surface area contributed by atoms with Crippen molar-refractivity contribution in [2.45, 2.75) is 5.41 Å². The standard InChI is InChI=1S/C71H46N2/c1-2-15-47(16-3-1)49-35-40-55(41-36-49)73-69-27-13-9-23-62(69)63-45-53(37-44-70(63)73)51-31-29-48(30-32-51)50-33-38-54(39-34-50)72(68-28-14-18-52-17-4-5-19-57(52)68)56-42-43-61-60-22-8-12-26-66(60)71(67(61)46-56)64-24-10-6-20-58(64)59-21-7-11-25-65(59)71/h1-46H. The Morgan fingerprint density at radius 2 is 0.740 bits per heavy atom. The van der Waals surface area contributed by atoms with E-state index in [4.69, 9.17) is 0 Å². The van der Waals surface area contributed by atoms with Gasteiger partial charge in [0.25, 0.3) is 0 Å². The SMILES string of the molecule is c1ccc(-c2ccc(-n3c4ccccc4c4cc(-c5ccc(-c6ccc(N(c7ccc8c(c7)C7(c9ccccc9-c9ccccc97)c7ccccc7-8)c7cccc8ccccc78)cc6)cc5)ccc43)cc2)cc1. The summed E-state index contributed by atoms with van der Waals surface area (Å²) < 4.78 is 2.39. The Bertz CT molecular complexity index is 4230. The van der Waals surface area contributed by atoms with Crippen LogP contribution in [0.15, 0.2) is 279 Å². The predicted octanol–water partition coefficient (Wildman–Crippen LogP) is 18.8. The number of benzene rings is 12. The lowest BCUT2D eigenvalue weighted by molar-refractivity contribution is 0.793. The van der Waals surface area contributed by atoms with E-state index in [0.29, 0.717) is 0 Å². The maximum Gasteiger partial charge on any atom is 0.0726 e. The number of hydrogen-bond donors (Lipinski definition) is 0. The molecule has 0 fully saturated rings. The van der Waals surface area contributed by atoms with Crippen molar-refractivity contribution in [2.75, 3.05) is 4.90 Å². The van der Waals surface area contributed by atoms with E-state index < -0.39 is 5.41 Å². The quantitative estimate of drug-likeness (QED) is 0.155. The van der Waals surface area contributed by atoms with Gasteiger partial charge in [-0.3, -0.25) is 0 Å². The Labute approximate surface area is 425 Å². The molecule has 1 spiro atoms. The summed E-state index contributed by atoms with van der Waals surface area (Å²) in [4.78, 5) is 2.46. The van der Waals surface area contributed by atoms with Crippen molar-refractivity contribution in [1.29, 1.82) is 0 Å². The van der Waals surface area contributed by atoms with Gasteiger partial charge in [0.1, 0.15) is 0 Å². The fourth-order valence-electron chi connectivity index (χ4n) is 12.6. The zero-order valence-corrected chi connectivity index (χ0v) is 40.0. The van der Waals surface area contributed by atoms with Crippen molar-refractivity contribution in [3.05, 3.63) is 301 Å². The molecule has 340 valence electrons. The minimum absolute atomic E-state index is 0.434. The second-order valence-electron chi connectivity index (χ2n) is 19.6. The number of rotatable bonds is 7. The largest absolute Gasteiger partial charge is 0.310 e. The van der Waals surface area contributed by atoms with Crippen LogP contribution in [0.4, 0.5) is 17.1 Å². The third-order valence-electron chi connectivity index (χ3n) is 15.8. The first-order valence-corrected chi connectivity index (χ1v) is 25.3. The highest BCUT2D eigenvalue weighted by Gasteiger charge is 2.51. The minimum Gasteiger partial charge on any atom is -0.310 e. The molecule has 0 radical (unpaired) electrons. The molecule has 0 amide bonds. The van der Waals surface area contributed by atoms with E-state index in [0.717, 1.165) is 22.7 Å². The third-order valence-corrected chi connectivity index (χ3v) is 15.8. The molecule has 2 aliphatic carbocycles. The second kappa shape index (κ2) is 16.3. The van der Waals surface area contributed by atoms with E-state index in [1.54, 1.807) is 0 Å². The van der Waals surface area contributed by atoms with Crippen molar-refractivity contribution in [2.24, 2.45) is 0 Å². The molecule has 0 saturated carbocycles. The van der Waals surface area contributed by atoms with Crippen molar-refractivity contribution in [1.82, 2.24) is 4.57 Å². The molecule has 1 heterocycles. The van der Waals surface area contributed by atoms with Crippen LogP contribution in [0, 0.1) is 0 Å². The van der Waals surface area contributed by atoms with E-state index in [2.05, 4.69) is 289 Å². The molecule has 0 aliphatic heterocycles. The molecule has 73 heavy (non-hydrogen) atoms. The van der Waals surface area contributed by atoms with E-state index in [1.165, 1.54) is 110 Å². The average Bonchev–Trinajstić information content (AvgIpc) is 4.07. The van der Waals surface area contributed by atoms with Gasteiger partial charge in [0.15, 0.2) is 0 Å². The average molecular weight is 927 g/mol. The lowest BCUT2D eigenvalue weighted by atomic mass is 9.70.